The van der Waals surface area contributed by atoms with Gasteiger partial charge in [-0.2, -0.15) is 0 Å². The maximum Gasteiger partial charge on any atom is 0.192 e. The van der Waals surface area contributed by atoms with Gasteiger partial charge in [0.05, 0.1) is 0 Å². The van der Waals surface area contributed by atoms with E-state index in [4.69, 9.17) is 0 Å². The third-order valence-electron chi connectivity index (χ3n) is 3.95. The Bertz CT molecular complexity index is 547. The molecule has 0 bridgehead atoms. The van der Waals surface area contributed by atoms with Crippen LogP contribution in [0.3, 0.4) is 0 Å². The van der Waals surface area contributed by atoms with E-state index in [2.05, 4.69) is 26.8 Å². The summed E-state index contributed by atoms with van der Waals surface area (Å²) in [5, 5.41) is 0. The second-order valence-corrected chi connectivity index (χ2v) is 5.26. The van der Waals surface area contributed by atoms with Gasteiger partial charge in [-0.15, -0.1) is 0 Å². The van der Waals surface area contributed by atoms with Gasteiger partial charge in [0.25, 0.3) is 0 Å². The summed E-state index contributed by atoms with van der Waals surface area (Å²) in [5.74, 6) is 0.624. The first kappa shape index (κ1) is 12.8. The highest BCUT2D eigenvalue weighted by molar-refractivity contribution is 6.11. The molecule has 1 nitrogen and oxygen atoms in total. The van der Waals surface area contributed by atoms with Crippen LogP contribution in [0.15, 0.2) is 41.5 Å². The molecule has 0 saturated carbocycles. The van der Waals surface area contributed by atoms with Crippen LogP contribution in [-0.4, -0.2) is 5.78 Å². The van der Waals surface area contributed by atoms with Crippen LogP contribution in [0.5, 0.6) is 0 Å². The first-order valence-corrected chi connectivity index (χ1v) is 6.50. The van der Waals surface area contributed by atoms with E-state index in [1.165, 1.54) is 16.7 Å². The monoisotopic (exact) mass is 240 g/mol. The lowest BCUT2D eigenvalue weighted by atomic mass is 9.86. The van der Waals surface area contributed by atoms with E-state index < -0.39 is 0 Å². The molecule has 0 aromatic heterocycles. The van der Waals surface area contributed by atoms with Crippen LogP contribution in [0.2, 0.25) is 0 Å². The fourth-order valence-corrected chi connectivity index (χ4v) is 2.26. The Morgan fingerprint density at radius 2 is 1.89 bits per heavy atom. The first-order chi connectivity index (χ1) is 8.50. The average molecular weight is 240 g/mol. The van der Waals surface area contributed by atoms with E-state index in [1.54, 1.807) is 0 Å². The van der Waals surface area contributed by atoms with Crippen molar-refractivity contribution in [1.29, 1.82) is 0 Å². The van der Waals surface area contributed by atoms with Crippen LogP contribution in [-0.2, 0) is 0 Å². The second kappa shape index (κ2) is 4.93. The summed E-state index contributed by atoms with van der Waals surface area (Å²) in [6.07, 6.45) is 5.12. The van der Waals surface area contributed by atoms with E-state index >= 15 is 0 Å². The van der Waals surface area contributed by atoms with Crippen molar-refractivity contribution in [1.82, 2.24) is 0 Å². The van der Waals surface area contributed by atoms with E-state index in [0.717, 1.165) is 17.6 Å². The lowest BCUT2D eigenvalue weighted by Gasteiger charge is -2.18. The van der Waals surface area contributed by atoms with E-state index in [1.807, 2.05) is 31.2 Å². The Labute approximate surface area is 109 Å². The Balaban J connectivity index is 2.40. The number of carbonyl (C=O) groups excluding carboxylic acids is 1. The molecule has 1 aliphatic carbocycles. The molecule has 1 heteroatoms. The molecule has 18 heavy (non-hydrogen) atoms. The zero-order chi connectivity index (χ0) is 13.3. The maximum atomic E-state index is 12.5. The van der Waals surface area contributed by atoms with Gasteiger partial charge in [-0.25, -0.2) is 0 Å². The Kier molecular flexibility index (Phi) is 3.51. The van der Waals surface area contributed by atoms with Crippen LogP contribution in [0.4, 0.5) is 0 Å². The largest absolute Gasteiger partial charge is 0.289 e. The van der Waals surface area contributed by atoms with E-state index in [0.29, 0.717) is 5.92 Å². The summed E-state index contributed by atoms with van der Waals surface area (Å²) < 4.78 is 0. The van der Waals surface area contributed by atoms with Crippen molar-refractivity contribution in [2.24, 2.45) is 5.92 Å². The minimum Gasteiger partial charge on any atom is -0.289 e. The van der Waals surface area contributed by atoms with Crippen LogP contribution >= 0.6 is 0 Å². The molecule has 94 valence electrons. The van der Waals surface area contributed by atoms with Gasteiger partial charge in [0, 0.05) is 11.1 Å². The summed E-state index contributed by atoms with van der Waals surface area (Å²) in [6, 6.07) is 5.94. The highest BCUT2D eigenvalue weighted by Crippen LogP contribution is 2.27. The van der Waals surface area contributed by atoms with Gasteiger partial charge >= 0.3 is 0 Å². The SMILES string of the molecule is CC1=C(C(=O)c2ccc(C)c(C)c2)C=CCC1C. The lowest BCUT2D eigenvalue weighted by molar-refractivity contribution is 0.103. The molecule has 0 amide bonds. The molecule has 0 saturated heterocycles. The highest BCUT2D eigenvalue weighted by atomic mass is 16.1. The second-order valence-electron chi connectivity index (χ2n) is 5.26. The molecule has 0 fully saturated rings. The number of rotatable bonds is 2. The molecule has 1 atom stereocenters. The predicted molar refractivity (Wildman–Crippen MR) is 75.9 cm³/mol. The Hall–Kier alpha value is -1.63. The van der Waals surface area contributed by atoms with E-state index in [-0.39, 0.29) is 5.78 Å². The quantitative estimate of drug-likeness (QED) is 0.700. The highest BCUT2D eigenvalue weighted by Gasteiger charge is 2.18. The van der Waals surface area contributed by atoms with E-state index in [9.17, 15) is 4.79 Å². The molecular formula is C17H20O. The molecule has 1 aliphatic rings. The van der Waals surface area contributed by atoms with Crippen LogP contribution < -0.4 is 0 Å². The molecule has 1 aromatic rings. The van der Waals surface area contributed by atoms with Crippen molar-refractivity contribution < 1.29 is 4.79 Å². The van der Waals surface area contributed by atoms with Gasteiger partial charge in [-0.3, -0.25) is 4.79 Å². The van der Waals surface area contributed by atoms with Crippen LogP contribution in [0.25, 0.3) is 0 Å². The smallest absolute Gasteiger partial charge is 0.192 e. The molecule has 0 heterocycles. The van der Waals surface area contributed by atoms with Gasteiger partial charge in [-0.05, 0) is 50.3 Å². The molecule has 2 rings (SSSR count). The minimum atomic E-state index is 0.151. The molecule has 0 N–H and O–H groups in total. The van der Waals surface area contributed by atoms with Gasteiger partial charge in [-0.1, -0.05) is 36.8 Å². The molecule has 0 radical (unpaired) electrons. The molecule has 0 aliphatic heterocycles. The van der Waals surface area contributed by atoms with Crippen molar-refractivity contribution in [3.05, 3.63) is 58.2 Å². The minimum absolute atomic E-state index is 0.151. The van der Waals surface area contributed by atoms with Gasteiger partial charge < -0.3 is 0 Å². The molecule has 1 unspecified atom stereocenters. The number of hydrogen-bond donors (Lipinski definition) is 0. The van der Waals surface area contributed by atoms with Gasteiger partial charge in [0.15, 0.2) is 5.78 Å². The van der Waals surface area contributed by atoms with Crippen molar-refractivity contribution >= 4 is 5.78 Å². The summed E-state index contributed by atoms with van der Waals surface area (Å²) in [6.45, 7) is 8.36. The average Bonchev–Trinajstić information content (AvgIpc) is 2.35. The topological polar surface area (TPSA) is 17.1 Å². The fraction of sp³-hybridized carbons (Fsp3) is 0.353. The number of allylic oxidation sites excluding steroid dienone is 4. The number of hydrogen-bond acceptors (Lipinski definition) is 1. The van der Waals surface area contributed by atoms with Crippen molar-refractivity contribution in [3.8, 4) is 0 Å². The summed E-state index contributed by atoms with van der Waals surface area (Å²) in [7, 11) is 0. The fourth-order valence-electron chi connectivity index (χ4n) is 2.26. The van der Waals surface area contributed by atoms with Gasteiger partial charge in [0.1, 0.15) is 0 Å². The lowest BCUT2D eigenvalue weighted by Crippen LogP contribution is -2.11. The number of benzene rings is 1. The standard InChI is InChI=1S/C17H20O/c1-11-8-9-15(10-13(11)3)17(18)16-7-5-6-12(2)14(16)4/h5,7-10,12H,6H2,1-4H3. The van der Waals surface area contributed by atoms with Crippen molar-refractivity contribution in [2.75, 3.05) is 0 Å². The van der Waals surface area contributed by atoms with Crippen LogP contribution in [0.1, 0.15) is 41.8 Å². The Morgan fingerprint density at radius 3 is 2.56 bits per heavy atom. The molecule has 0 spiro atoms. The molecule has 1 aromatic carbocycles. The Morgan fingerprint density at radius 1 is 1.17 bits per heavy atom. The van der Waals surface area contributed by atoms with Gasteiger partial charge in [0.2, 0.25) is 0 Å². The molecular weight excluding hydrogens is 220 g/mol. The summed E-state index contributed by atoms with van der Waals surface area (Å²) in [5.41, 5.74) is 5.28. The number of ketones is 1. The maximum absolute atomic E-state index is 12.5. The van der Waals surface area contributed by atoms with Crippen molar-refractivity contribution in [3.63, 3.8) is 0 Å². The van der Waals surface area contributed by atoms with Crippen molar-refractivity contribution in [2.45, 2.75) is 34.1 Å². The number of Topliss-reactive ketones (excluding diaryl/α,β-unsaturated/α-hetero) is 1. The first-order valence-electron chi connectivity index (χ1n) is 6.50. The third kappa shape index (κ3) is 2.31. The zero-order valence-corrected chi connectivity index (χ0v) is 11.6. The number of aryl methyl sites for hydroxylation is 2. The number of carbonyl (C=O) groups is 1. The summed E-state index contributed by atoms with van der Waals surface area (Å²) >= 11 is 0. The predicted octanol–water partition coefficient (Wildman–Crippen LogP) is 4.40. The third-order valence-corrected chi connectivity index (χ3v) is 3.95. The zero-order valence-electron chi connectivity index (χ0n) is 11.6. The normalized spacial score (nSPS) is 19.2. The van der Waals surface area contributed by atoms with Crippen LogP contribution in [0, 0.1) is 19.8 Å². The summed E-state index contributed by atoms with van der Waals surface area (Å²) in [4.78, 5) is 12.5.